The molecule has 6 heteroatoms. The molecule has 0 fully saturated rings. The highest BCUT2D eigenvalue weighted by atomic mass is 79.9. The monoisotopic (exact) mass is 393 g/mol. The van der Waals surface area contributed by atoms with Gasteiger partial charge in [0.15, 0.2) is 0 Å². The molecule has 2 nitrogen and oxygen atoms in total. The molecule has 0 amide bonds. The zero-order valence-corrected chi connectivity index (χ0v) is 12.9. The molecule has 1 aromatic heterocycles. The number of pyridine rings is 1. The minimum Gasteiger partial charge on any atom is -0.439 e. The van der Waals surface area contributed by atoms with Crippen LogP contribution in [-0.4, -0.2) is 4.98 Å². The number of rotatable bonds is 3. The second kappa shape index (κ2) is 5.99. The van der Waals surface area contributed by atoms with Gasteiger partial charge in [0.25, 0.3) is 0 Å². The van der Waals surface area contributed by atoms with Crippen LogP contribution in [-0.2, 0) is 5.88 Å². The Kier molecular flexibility index (Phi) is 4.59. The Labute approximate surface area is 125 Å². The van der Waals surface area contributed by atoms with Gasteiger partial charge in [0.1, 0.15) is 11.6 Å². The number of aromatic nitrogens is 1. The highest BCUT2D eigenvalue weighted by Gasteiger charge is 2.08. The summed E-state index contributed by atoms with van der Waals surface area (Å²) in [5, 5.41) is 0. The molecule has 0 atom stereocenters. The first kappa shape index (κ1) is 13.8. The largest absolute Gasteiger partial charge is 0.439 e. The van der Waals surface area contributed by atoms with Crippen molar-refractivity contribution < 1.29 is 9.13 Å². The van der Waals surface area contributed by atoms with Crippen molar-refractivity contribution >= 4 is 43.5 Å². The van der Waals surface area contributed by atoms with Crippen LogP contribution in [0.5, 0.6) is 11.6 Å². The fraction of sp³-hybridized carbons (Fsp3) is 0.0833. The van der Waals surface area contributed by atoms with Crippen LogP contribution in [0.3, 0.4) is 0 Å². The first-order valence-corrected chi connectivity index (χ1v) is 7.05. The van der Waals surface area contributed by atoms with Crippen LogP contribution in [0.4, 0.5) is 4.39 Å². The van der Waals surface area contributed by atoms with Gasteiger partial charge in [-0.2, -0.15) is 0 Å². The molecule has 0 saturated heterocycles. The van der Waals surface area contributed by atoms with Crippen LogP contribution in [0.25, 0.3) is 0 Å². The molecule has 0 aliphatic carbocycles. The lowest BCUT2D eigenvalue weighted by atomic mass is 10.3. The zero-order chi connectivity index (χ0) is 13.1. The molecular formula is C12H7Br2ClFNO. The van der Waals surface area contributed by atoms with Gasteiger partial charge in [-0.15, -0.1) is 11.6 Å². The summed E-state index contributed by atoms with van der Waals surface area (Å²) in [7, 11) is 0. The summed E-state index contributed by atoms with van der Waals surface area (Å²) in [6.45, 7) is 0. The number of hydrogen-bond donors (Lipinski definition) is 0. The third kappa shape index (κ3) is 3.22. The van der Waals surface area contributed by atoms with E-state index in [0.717, 1.165) is 10.0 Å². The van der Waals surface area contributed by atoms with Gasteiger partial charge in [0.2, 0.25) is 5.88 Å². The Balaban J connectivity index is 2.30. The van der Waals surface area contributed by atoms with Gasteiger partial charge < -0.3 is 4.74 Å². The molecular weight excluding hydrogens is 388 g/mol. The molecule has 0 saturated carbocycles. The molecule has 2 aromatic rings. The summed E-state index contributed by atoms with van der Waals surface area (Å²) in [5.41, 5.74) is 0.756. The van der Waals surface area contributed by atoms with Crippen LogP contribution in [0, 0.1) is 5.82 Å². The maximum Gasteiger partial charge on any atom is 0.223 e. The minimum atomic E-state index is -0.344. The number of alkyl halides is 1. The van der Waals surface area contributed by atoms with Gasteiger partial charge in [-0.05, 0) is 56.1 Å². The topological polar surface area (TPSA) is 22.1 Å². The van der Waals surface area contributed by atoms with Crippen LogP contribution in [0.1, 0.15) is 5.56 Å². The quantitative estimate of drug-likeness (QED) is 0.660. The first-order chi connectivity index (χ1) is 8.60. The molecule has 0 unspecified atom stereocenters. The predicted molar refractivity (Wildman–Crippen MR) is 75.7 cm³/mol. The molecule has 0 bridgehead atoms. The first-order valence-electron chi connectivity index (χ1n) is 4.93. The van der Waals surface area contributed by atoms with E-state index in [0.29, 0.717) is 16.1 Å². The minimum absolute atomic E-state index is 0.282. The molecule has 0 N–H and O–H groups in total. The van der Waals surface area contributed by atoms with E-state index < -0.39 is 0 Å². The third-order valence-electron chi connectivity index (χ3n) is 2.14. The van der Waals surface area contributed by atoms with Gasteiger partial charge in [-0.25, -0.2) is 9.37 Å². The molecule has 0 radical (unpaired) electrons. The average Bonchev–Trinajstić information content (AvgIpc) is 2.36. The standard InChI is InChI=1S/C12H7Br2ClFNO/c13-8-3-7(5-15)12(17-6-8)18-9-1-2-11(16)10(14)4-9/h1-4,6H,5H2. The maximum atomic E-state index is 13.1. The van der Waals surface area contributed by atoms with E-state index >= 15 is 0 Å². The van der Waals surface area contributed by atoms with E-state index in [4.69, 9.17) is 16.3 Å². The van der Waals surface area contributed by atoms with Crippen molar-refractivity contribution in [2.75, 3.05) is 0 Å². The SMILES string of the molecule is Fc1ccc(Oc2ncc(Br)cc2CCl)cc1Br. The molecule has 0 aliphatic heterocycles. The number of ether oxygens (including phenoxy) is 1. The van der Waals surface area contributed by atoms with Crippen molar-refractivity contribution in [2.45, 2.75) is 5.88 Å². The Bertz CT molecular complexity index is 580. The normalized spacial score (nSPS) is 10.4. The van der Waals surface area contributed by atoms with Crippen molar-refractivity contribution in [3.8, 4) is 11.6 Å². The van der Waals surface area contributed by atoms with Gasteiger partial charge in [-0.3, -0.25) is 0 Å². The van der Waals surface area contributed by atoms with Crippen LogP contribution < -0.4 is 4.74 Å². The van der Waals surface area contributed by atoms with E-state index in [1.807, 2.05) is 6.07 Å². The summed E-state index contributed by atoms with van der Waals surface area (Å²) in [6, 6.07) is 6.21. The van der Waals surface area contributed by atoms with E-state index in [2.05, 4.69) is 36.8 Å². The van der Waals surface area contributed by atoms with Gasteiger partial charge in [0, 0.05) is 16.2 Å². The third-order valence-corrected chi connectivity index (χ3v) is 3.47. The van der Waals surface area contributed by atoms with Crippen molar-refractivity contribution in [3.63, 3.8) is 0 Å². The Morgan fingerprint density at radius 1 is 1.28 bits per heavy atom. The van der Waals surface area contributed by atoms with Crippen molar-refractivity contribution in [2.24, 2.45) is 0 Å². The summed E-state index contributed by atoms with van der Waals surface area (Å²) < 4.78 is 19.8. The fourth-order valence-corrected chi connectivity index (χ4v) is 2.24. The number of hydrogen-bond acceptors (Lipinski definition) is 2. The highest BCUT2D eigenvalue weighted by molar-refractivity contribution is 9.10. The van der Waals surface area contributed by atoms with Crippen LogP contribution in [0.15, 0.2) is 39.4 Å². The number of benzene rings is 1. The Hall–Kier alpha value is -0.650. The maximum absolute atomic E-state index is 13.1. The van der Waals surface area contributed by atoms with Crippen molar-refractivity contribution in [1.29, 1.82) is 0 Å². The Morgan fingerprint density at radius 3 is 2.72 bits per heavy atom. The molecule has 0 aliphatic rings. The number of halogens is 4. The van der Waals surface area contributed by atoms with Crippen molar-refractivity contribution in [1.82, 2.24) is 4.98 Å². The highest BCUT2D eigenvalue weighted by Crippen LogP contribution is 2.29. The summed E-state index contributed by atoms with van der Waals surface area (Å²) >= 11 is 12.2. The molecule has 2 rings (SSSR count). The van der Waals surface area contributed by atoms with Gasteiger partial charge in [0.05, 0.1) is 10.4 Å². The molecule has 0 spiro atoms. The lowest BCUT2D eigenvalue weighted by Gasteiger charge is -2.09. The van der Waals surface area contributed by atoms with E-state index in [9.17, 15) is 4.39 Å². The Morgan fingerprint density at radius 2 is 2.06 bits per heavy atom. The second-order valence-electron chi connectivity index (χ2n) is 3.43. The second-order valence-corrected chi connectivity index (χ2v) is 5.47. The average molecular weight is 395 g/mol. The van der Waals surface area contributed by atoms with Crippen LogP contribution >= 0.6 is 43.5 Å². The predicted octanol–water partition coefficient (Wildman–Crippen LogP) is 5.28. The molecule has 18 heavy (non-hydrogen) atoms. The molecule has 1 aromatic carbocycles. The number of nitrogens with zero attached hydrogens (tertiary/aromatic N) is 1. The van der Waals surface area contributed by atoms with Gasteiger partial charge in [-0.1, -0.05) is 0 Å². The lowest BCUT2D eigenvalue weighted by molar-refractivity contribution is 0.456. The van der Waals surface area contributed by atoms with Gasteiger partial charge >= 0.3 is 0 Å². The van der Waals surface area contributed by atoms with Crippen molar-refractivity contribution in [3.05, 3.63) is 50.8 Å². The summed E-state index contributed by atoms with van der Waals surface area (Å²) in [6.07, 6.45) is 1.62. The fourth-order valence-electron chi connectivity index (χ4n) is 1.31. The zero-order valence-electron chi connectivity index (χ0n) is 8.96. The lowest BCUT2D eigenvalue weighted by Crippen LogP contribution is -1.93. The van der Waals surface area contributed by atoms with Crippen LogP contribution in [0.2, 0.25) is 0 Å². The van der Waals surface area contributed by atoms with E-state index in [1.165, 1.54) is 18.2 Å². The van der Waals surface area contributed by atoms with E-state index in [-0.39, 0.29) is 11.7 Å². The summed E-state index contributed by atoms with van der Waals surface area (Å²) in [4.78, 5) is 4.13. The summed E-state index contributed by atoms with van der Waals surface area (Å²) in [5.74, 6) is 0.837. The van der Waals surface area contributed by atoms with E-state index in [1.54, 1.807) is 6.20 Å². The smallest absolute Gasteiger partial charge is 0.223 e. The molecule has 1 heterocycles. The molecule has 94 valence electrons.